The molecule has 1 N–H and O–H groups in total. The standard InChI is InChI=1S/C14H21F3N2OS/c1-6-11(19-21(20)13(3,4)5)10-8-18-12(7-9(10)2)14(15,16)17/h7-8,11,19H,6H2,1-5H3/t11-,21?/m0/s1. The van der Waals surface area contributed by atoms with Gasteiger partial charge < -0.3 is 4.55 Å². The van der Waals surface area contributed by atoms with Crippen LogP contribution in [-0.4, -0.2) is 14.3 Å². The Morgan fingerprint density at radius 3 is 2.29 bits per heavy atom. The third-order valence-electron chi connectivity index (χ3n) is 3.03. The minimum atomic E-state index is -4.45. The summed E-state index contributed by atoms with van der Waals surface area (Å²) in [5, 5.41) is 0. The van der Waals surface area contributed by atoms with Gasteiger partial charge in [0.2, 0.25) is 0 Å². The first-order valence-electron chi connectivity index (χ1n) is 6.68. The lowest BCUT2D eigenvalue weighted by atomic mass is 10.0. The molecule has 0 radical (unpaired) electrons. The summed E-state index contributed by atoms with van der Waals surface area (Å²) in [5.41, 5.74) is 0.223. The zero-order valence-electron chi connectivity index (χ0n) is 12.8. The van der Waals surface area contributed by atoms with Crippen molar-refractivity contribution in [2.75, 3.05) is 0 Å². The molecule has 7 heteroatoms. The molecule has 1 heterocycles. The molecule has 0 aliphatic carbocycles. The highest BCUT2D eigenvalue weighted by molar-refractivity contribution is 7.90. The second-order valence-corrected chi connectivity index (χ2v) is 7.88. The van der Waals surface area contributed by atoms with Gasteiger partial charge >= 0.3 is 6.18 Å². The third-order valence-corrected chi connectivity index (χ3v) is 4.64. The highest BCUT2D eigenvalue weighted by Gasteiger charge is 2.34. The fourth-order valence-electron chi connectivity index (χ4n) is 1.76. The largest absolute Gasteiger partial charge is 0.598 e. The summed E-state index contributed by atoms with van der Waals surface area (Å²) in [6, 6.07) is 0.736. The van der Waals surface area contributed by atoms with Crippen LogP contribution in [0.2, 0.25) is 0 Å². The number of nitrogens with zero attached hydrogens (tertiary/aromatic N) is 1. The lowest BCUT2D eigenvalue weighted by Crippen LogP contribution is -2.41. The van der Waals surface area contributed by atoms with Crippen molar-refractivity contribution in [2.24, 2.45) is 0 Å². The van der Waals surface area contributed by atoms with E-state index in [-0.39, 0.29) is 6.04 Å². The number of aromatic nitrogens is 1. The van der Waals surface area contributed by atoms with E-state index in [1.54, 1.807) is 6.92 Å². The quantitative estimate of drug-likeness (QED) is 0.855. The average molecular weight is 322 g/mol. The Balaban J connectivity index is 3.02. The number of hydrogen-bond donors (Lipinski definition) is 1. The monoisotopic (exact) mass is 322 g/mol. The van der Waals surface area contributed by atoms with Crippen LogP contribution in [0.3, 0.4) is 0 Å². The van der Waals surface area contributed by atoms with E-state index in [2.05, 4.69) is 9.71 Å². The smallest absolute Gasteiger partial charge is 0.433 e. The Morgan fingerprint density at radius 2 is 1.90 bits per heavy atom. The number of hydrogen-bond acceptors (Lipinski definition) is 3. The van der Waals surface area contributed by atoms with Crippen molar-refractivity contribution >= 4 is 11.4 Å². The van der Waals surface area contributed by atoms with Crippen LogP contribution in [-0.2, 0) is 17.5 Å². The molecule has 1 aromatic rings. The number of rotatable bonds is 4. The lowest BCUT2D eigenvalue weighted by molar-refractivity contribution is -0.141. The van der Waals surface area contributed by atoms with Gasteiger partial charge in [0.05, 0.1) is 6.04 Å². The second kappa shape index (κ2) is 6.54. The van der Waals surface area contributed by atoms with Crippen molar-refractivity contribution in [2.45, 2.75) is 58.0 Å². The predicted molar refractivity (Wildman–Crippen MR) is 78.0 cm³/mol. The van der Waals surface area contributed by atoms with Crippen molar-refractivity contribution in [3.05, 3.63) is 29.1 Å². The van der Waals surface area contributed by atoms with Crippen molar-refractivity contribution < 1.29 is 17.7 Å². The molecular weight excluding hydrogens is 301 g/mol. The molecule has 0 saturated heterocycles. The lowest BCUT2D eigenvalue weighted by Gasteiger charge is -2.28. The van der Waals surface area contributed by atoms with E-state index in [4.69, 9.17) is 0 Å². The van der Waals surface area contributed by atoms with Gasteiger partial charge in [-0.2, -0.15) is 13.2 Å². The summed E-state index contributed by atoms with van der Waals surface area (Å²) in [6.07, 6.45) is -2.62. The Bertz CT molecular complexity index is 486. The molecule has 1 rings (SSSR count). The maximum atomic E-state index is 12.6. The van der Waals surface area contributed by atoms with Gasteiger partial charge in [-0.25, -0.2) is 0 Å². The Morgan fingerprint density at radius 1 is 1.33 bits per heavy atom. The highest BCUT2D eigenvalue weighted by Crippen LogP contribution is 2.31. The Labute approximate surface area is 126 Å². The fraction of sp³-hybridized carbons (Fsp3) is 0.643. The Kier molecular flexibility index (Phi) is 5.69. The summed E-state index contributed by atoms with van der Waals surface area (Å²) in [6.45, 7) is 8.99. The van der Waals surface area contributed by atoms with Gasteiger partial charge in [0.25, 0.3) is 0 Å². The average Bonchev–Trinajstić information content (AvgIpc) is 2.33. The zero-order valence-corrected chi connectivity index (χ0v) is 13.7. The van der Waals surface area contributed by atoms with E-state index >= 15 is 0 Å². The van der Waals surface area contributed by atoms with Crippen molar-refractivity contribution in [3.63, 3.8) is 0 Å². The van der Waals surface area contributed by atoms with Gasteiger partial charge in [-0.15, -0.1) is 4.72 Å². The van der Waals surface area contributed by atoms with Gasteiger partial charge in [0.15, 0.2) is 0 Å². The van der Waals surface area contributed by atoms with Crippen LogP contribution in [0.15, 0.2) is 12.3 Å². The predicted octanol–water partition coefficient (Wildman–Crippen LogP) is 3.91. The minimum Gasteiger partial charge on any atom is -0.598 e. The molecule has 0 bridgehead atoms. The molecular formula is C14H21F3N2OS. The molecule has 1 aromatic heterocycles. The fourth-order valence-corrected chi connectivity index (χ4v) is 2.66. The van der Waals surface area contributed by atoms with Crippen LogP contribution < -0.4 is 4.72 Å². The molecule has 2 atom stereocenters. The van der Waals surface area contributed by atoms with E-state index < -0.39 is 28.0 Å². The van der Waals surface area contributed by atoms with Crippen LogP contribution >= 0.6 is 0 Å². The molecule has 0 aliphatic rings. The molecule has 0 saturated carbocycles. The van der Waals surface area contributed by atoms with E-state index in [1.807, 2.05) is 27.7 Å². The van der Waals surface area contributed by atoms with Gasteiger partial charge in [-0.05, 0) is 51.3 Å². The van der Waals surface area contributed by atoms with Crippen molar-refractivity contribution in [3.8, 4) is 0 Å². The molecule has 0 spiro atoms. The number of nitrogens with one attached hydrogen (secondary N) is 1. The molecule has 1 unspecified atom stereocenters. The SMILES string of the molecule is CC[C@H](N[S+]([O-])C(C)(C)C)c1cnc(C(F)(F)F)cc1C. The summed E-state index contributed by atoms with van der Waals surface area (Å²) < 4.78 is 52.5. The second-order valence-electron chi connectivity index (χ2n) is 5.88. The van der Waals surface area contributed by atoms with Crippen molar-refractivity contribution in [1.29, 1.82) is 0 Å². The summed E-state index contributed by atoms with van der Waals surface area (Å²) >= 11 is -1.30. The number of pyridine rings is 1. The van der Waals surface area contributed by atoms with E-state index in [0.717, 1.165) is 6.07 Å². The van der Waals surface area contributed by atoms with Crippen LogP contribution in [0, 0.1) is 6.92 Å². The van der Waals surface area contributed by atoms with Crippen LogP contribution in [0.1, 0.15) is 57.0 Å². The minimum absolute atomic E-state index is 0.292. The molecule has 21 heavy (non-hydrogen) atoms. The van der Waals surface area contributed by atoms with E-state index in [1.165, 1.54) is 6.20 Å². The number of aryl methyl sites for hydroxylation is 1. The van der Waals surface area contributed by atoms with E-state index in [9.17, 15) is 17.7 Å². The van der Waals surface area contributed by atoms with Crippen LogP contribution in [0.5, 0.6) is 0 Å². The normalized spacial score (nSPS) is 15.9. The van der Waals surface area contributed by atoms with Gasteiger partial charge in [0, 0.05) is 17.6 Å². The maximum Gasteiger partial charge on any atom is 0.433 e. The third kappa shape index (κ3) is 4.86. The summed E-state index contributed by atoms with van der Waals surface area (Å²) in [7, 11) is 0. The molecule has 0 aromatic carbocycles. The topological polar surface area (TPSA) is 48.0 Å². The van der Waals surface area contributed by atoms with Crippen LogP contribution in [0.4, 0.5) is 13.2 Å². The number of halogens is 3. The summed E-state index contributed by atoms with van der Waals surface area (Å²) in [5.74, 6) is 0. The molecule has 0 fully saturated rings. The first-order valence-corrected chi connectivity index (χ1v) is 7.83. The zero-order chi connectivity index (χ0) is 16.4. The maximum absolute atomic E-state index is 12.6. The first kappa shape index (κ1) is 18.3. The highest BCUT2D eigenvalue weighted by atomic mass is 32.2. The molecule has 0 aliphatic heterocycles. The number of alkyl halides is 3. The summed E-state index contributed by atoms with van der Waals surface area (Å²) in [4.78, 5) is 3.49. The van der Waals surface area contributed by atoms with E-state index in [0.29, 0.717) is 17.5 Å². The first-order chi connectivity index (χ1) is 9.46. The Hall–Kier alpha value is -0.790. The van der Waals surface area contributed by atoms with Gasteiger partial charge in [-0.3, -0.25) is 4.98 Å². The molecule has 120 valence electrons. The van der Waals surface area contributed by atoms with Gasteiger partial charge in [0.1, 0.15) is 10.4 Å². The molecule has 0 amide bonds. The van der Waals surface area contributed by atoms with Crippen molar-refractivity contribution in [1.82, 2.24) is 9.71 Å². The van der Waals surface area contributed by atoms with Crippen LogP contribution in [0.25, 0.3) is 0 Å². The molecule has 3 nitrogen and oxygen atoms in total. The van der Waals surface area contributed by atoms with Gasteiger partial charge in [-0.1, -0.05) is 6.92 Å².